The van der Waals surface area contributed by atoms with Gasteiger partial charge < -0.3 is 5.32 Å². The molecule has 7 heteroatoms. The zero-order chi connectivity index (χ0) is 14.7. The van der Waals surface area contributed by atoms with Gasteiger partial charge in [0.15, 0.2) is 0 Å². The molecule has 0 aromatic heterocycles. The molecule has 4 nitrogen and oxygen atoms in total. The second kappa shape index (κ2) is 6.07. The summed E-state index contributed by atoms with van der Waals surface area (Å²) >= 11 is 11.5. The Hall–Kier alpha value is -1.85. The van der Waals surface area contributed by atoms with Crippen molar-refractivity contribution < 1.29 is 9.31 Å². The van der Waals surface area contributed by atoms with Crippen molar-refractivity contribution in [2.75, 3.05) is 5.32 Å². The Bertz CT molecular complexity index is 665. The van der Waals surface area contributed by atoms with E-state index in [2.05, 4.69) is 5.32 Å². The lowest BCUT2D eigenvalue weighted by atomic mass is 10.2. The highest BCUT2D eigenvalue weighted by Crippen LogP contribution is 2.28. The van der Waals surface area contributed by atoms with Crippen molar-refractivity contribution in [2.45, 2.75) is 6.54 Å². The molecule has 0 bridgehead atoms. The van der Waals surface area contributed by atoms with E-state index in [9.17, 15) is 14.5 Å². The second-order valence-electron chi connectivity index (χ2n) is 4.01. The van der Waals surface area contributed by atoms with Crippen LogP contribution in [0.5, 0.6) is 0 Å². The minimum absolute atomic E-state index is 0.0782. The third kappa shape index (κ3) is 3.37. The van der Waals surface area contributed by atoms with Crippen LogP contribution in [-0.4, -0.2) is 4.92 Å². The molecule has 0 saturated carbocycles. The van der Waals surface area contributed by atoms with E-state index < -0.39 is 10.7 Å². The van der Waals surface area contributed by atoms with Crippen LogP contribution in [-0.2, 0) is 6.54 Å². The topological polar surface area (TPSA) is 55.2 Å². The number of hydrogen-bond acceptors (Lipinski definition) is 3. The van der Waals surface area contributed by atoms with E-state index in [1.807, 2.05) is 0 Å². The van der Waals surface area contributed by atoms with Crippen LogP contribution in [0.4, 0.5) is 15.8 Å². The number of hydrogen-bond donors (Lipinski definition) is 1. The predicted molar refractivity (Wildman–Crippen MR) is 76.8 cm³/mol. The zero-order valence-electron chi connectivity index (χ0n) is 10.1. The van der Waals surface area contributed by atoms with E-state index in [4.69, 9.17) is 23.2 Å². The summed E-state index contributed by atoms with van der Waals surface area (Å²) in [5, 5.41) is 14.4. The van der Waals surface area contributed by atoms with Gasteiger partial charge in [-0.3, -0.25) is 10.1 Å². The van der Waals surface area contributed by atoms with Gasteiger partial charge in [-0.05, 0) is 30.3 Å². The smallest absolute Gasteiger partial charge is 0.293 e. The van der Waals surface area contributed by atoms with E-state index in [0.717, 1.165) is 0 Å². The summed E-state index contributed by atoms with van der Waals surface area (Å²) in [5.74, 6) is -0.432. The molecule has 0 radical (unpaired) electrons. The van der Waals surface area contributed by atoms with Crippen LogP contribution in [0.25, 0.3) is 0 Å². The number of anilines is 1. The van der Waals surface area contributed by atoms with Crippen LogP contribution in [0.15, 0.2) is 36.4 Å². The predicted octanol–water partition coefficient (Wildman–Crippen LogP) is 4.65. The molecule has 2 rings (SSSR count). The molecule has 0 heterocycles. The van der Waals surface area contributed by atoms with Gasteiger partial charge in [-0.25, -0.2) is 4.39 Å². The van der Waals surface area contributed by atoms with E-state index in [-0.39, 0.29) is 22.9 Å². The van der Waals surface area contributed by atoms with E-state index in [0.29, 0.717) is 10.6 Å². The summed E-state index contributed by atoms with van der Waals surface area (Å²) < 4.78 is 13.5. The largest absolute Gasteiger partial charge is 0.375 e. The lowest BCUT2D eigenvalue weighted by molar-refractivity contribution is -0.383. The monoisotopic (exact) mass is 314 g/mol. The summed E-state index contributed by atoms with van der Waals surface area (Å²) in [7, 11) is 0. The van der Waals surface area contributed by atoms with Crippen molar-refractivity contribution in [1.82, 2.24) is 0 Å². The summed E-state index contributed by atoms with van der Waals surface area (Å²) in [6.45, 7) is 0.0782. The highest BCUT2D eigenvalue weighted by Gasteiger charge is 2.14. The summed E-state index contributed by atoms with van der Waals surface area (Å²) in [6, 6.07) is 8.37. The van der Waals surface area contributed by atoms with Gasteiger partial charge in [-0.1, -0.05) is 23.2 Å². The first-order valence-electron chi connectivity index (χ1n) is 5.59. The molecule has 2 aromatic rings. The fraction of sp³-hybridized carbons (Fsp3) is 0.0769. The van der Waals surface area contributed by atoms with E-state index in [1.54, 1.807) is 0 Å². The minimum atomic E-state index is -0.553. The highest BCUT2D eigenvalue weighted by molar-refractivity contribution is 6.31. The summed E-state index contributed by atoms with van der Waals surface area (Å²) in [6.07, 6.45) is 0. The van der Waals surface area contributed by atoms with Crippen LogP contribution in [0, 0.1) is 15.9 Å². The molecule has 0 saturated heterocycles. The number of rotatable bonds is 4. The van der Waals surface area contributed by atoms with E-state index >= 15 is 0 Å². The average molecular weight is 315 g/mol. The van der Waals surface area contributed by atoms with E-state index in [1.165, 1.54) is 36.4 Å². The molecule has 0 amide bonds. The quantitative estimate of drug-likeness (QED) is 0.660. The van der Waals surface area contributed by atoms with Gasteiger partial charge in [0.2, 0.25) is 0 Å². The Labute approximate surface area is 124 Å². The average Bonchev–Trinajstić information content (AvgIpc) is 2.40. The molecule has 104 valence electrons. The van der Waals surface area contributed by atoms with Crippen molar-refractivity contribution in [3.05, 3.63) is 67.9 Å². The van der Waals surface area contributed by atoms with Gasteiger partial charge >= 0.3 is 0 Å². The van der Waals surface area contributed by atoms with Crippen LogP contribution >= 0.6 is 23.2 Å². The lowest BCUT2D eigenvalue weighted by Crippen LogP contribution is -2.04. The van der Waals surface area contributed by atoms with Crippen LogP contribution in [0.1, 0.15) is 5.56 Å². The normalized spacial score (nSPS) is 10.3. The first-order valence-corrected chi connectivity index (χ1v) is 6.34. The Morgan fingerprint density at radius 3 is 2.50 bits per heavy atom. The first kappa shape index (κ1) is 14.6. The number of nitro groups is 1. The molecular formula is C13H9Cl2FN2O2. The second-order valence-corrected chi connectivity index (χ2v) is 4.88. The minimum Gasteiger partial charge on any atom is -0.375 e. The van der Waals surface area contributed by atoms with Crippen molar-refractivity contribution in [2.24, 2.45) is 0 Å². The Morgan fingerprint density at radius 2 is 1.80 bits per heavy atom. The van der Waals surface area contributed by atoms with Crippen LogP contribution < -0.4 is 5.32 Å². The maximum Gasteiger partial charge on any atom is 0.293 e. The molecule has 0 spiro atoms. The molecule has 0 unspecified atom stereocenters. The van der Waals surface area contributed by atoms with Gasteiger partial charge in [-0.15, -0.1) is 0 Å². The lowest BCUT2D eigenvalue weighted by Gasteiger charge is -2.08. The van der Waals surface area contributed by atoms with Crippen molar-refractivity contribution in [3.63, 3.8) is 0 Å². The molecule has 2 aromatic carbocycles. The third-order valence-corrected chi connectivity index (χ3v) is 3.10. The first-order chi connectivity index (χ1) is 9.47. The molecule has 0 aliphatic rings. The number of benzene rings is 2. The van der Waals surface area contributed by atoms with Gasteiger partial charge in [0, 0.05) is 28.2 Å². The SMILES string of the molecule is O=[N+]([O-])c1cc(Cl)ccc1NCc1cc(Cl)ccc1F. The number of nitrogens with zero attached hydrogens (tertiary/aromatic N) is 1. The maximum atomic E-state index is 13.5. The van der Waals surface area contributed by atoms with Crippen LogP contribution in [0.3, 0.4) is 0 Å². The van der Waals surface area contributed by atoms with Gasteiger partial charge in [0.1, 0.15) is 11.5 Å². The third-order valence-electron chi connectivity index (χ3n) is 2.63. The molecule has 20 heavy (non-hydrogen) atoms. The Kier molecular flexibility index (Phi) is 4.42. The van der Waals surface area contributed by atoms with Gasteiger partial charge in [0.25, 0.3) is 5.69 Å². The van der Waals surface area contributed by atoms with Crippen molar-refractivity contribution in [1.29, 1.82) is 0 Å². The number of nitrogens with one attached hydrogen (secondary N) is 1. The summed E-state index contributed by atoms with van der Waals surface area (Å²) in [5.41, 5.74) is 0.417. The summed E-state index contributed by atoms with van der Waals surface area (Å²) in [4.78, 5) is 10.4. The van der Waals surface area contributed by atoms with Crippen molar-refractivity contribution in [3.8, 4) is 0 Å². The Balaban J connectivity index is 2.23. The van der Waals surface area contributed by atoms with Crippen molar-refractivity contribution >= 4 is 34.6 Å². The number of nitro benzene ring substituents is 1. The maximum absolute atomic E-state index is 13.5. The molecule has 1 N–H and O–H groups in total. The molecule has 0 aliphatic carbocycles. The molecule has 0 aliphatic heterocycles. The zero-order valence-corrected chi connectivity index (χ0v) is 11.6. The Morgan fingerprint density at radius 1 is 1.15 bits per heavy atom. The highest BCUT2D eigenvalue weighted by atomic mass is 35.5. The fourth-order valence-electron chi connectivity index (χ4n) is 1.67. The van der Waals surface area contributed by atoms with Crippen LogP contribution in [0.2, 0.25) is 10.0 Å². The van der Waals surface area contributed by atoms with Gasteiger partial charge in [-0.2, -0.15) is 0 Å². The fourth-order valence-corrected chi connectivity index (χ4v) is 2.04. The van der Waals surface area contributed by atoms with Gasteiger partial charge in [0.05, 0.1) is 4.92 Å². The standard InChI is InChI=1S/C13H9Cl2FN2O2/c14-9-1-3-11(16)8(5-9)7-17-12-4-2-10(15)6-13(12)18(19)20/h1-6,17H,7H2. The molecule has 0 atom stereocenters. The number of halogens is 3. The molecule has 0 fully saturated rings. The molecular weight excluding hydrogens is 306 g/mol.